The summed E-state index contributed by atoms with van der Waals surface area (Å²) in [5.41, 5.74) is 0.417. The minimum absolute atomic E-state index is 0.295. The number of rotatable bonds is 2. The topological polar surface area (TPSA) is 68.0 Å². The summed E-state index contributed by atoms with van der Waals surface area (Å²) in [4.78, 5) is 11.6. The van der Waals surface area contributed by atoms with Crippen molar-refractivity contribution < 1.29 is 9.21 Å². The maximum absolute atomic E-state index is 11.6. The Kier molecular flexibility index (Phi) is 2.77. The Bertz CT molecular complexity index is 469. The van der Waals surface area contributed by atoms with E-state index in [1.807, 2.05) is 0 Å². The van der Waals surface area contributed by atoms with Crippen LogP contribution in [0.25, 0.3) is 0 Å². The summed E-state index contributed by atoms with van der Waals surface area (Å²) in [7, 11) is 0. The third-order valence-electron chi connectivity index (χ3n) is 1.68. The molecule has 76 valence electrons. The lowest BCUT2D eigenvalue weighted by Gasteiger charge is -2.00. The number of hydrogen-bond donors (Lipinski definition) is 1. The van der Waals surface area contributed by atoms with Gasteiger partial charge in [0.05, 0.1) is 11.8 Å². The molecule has 0 aliphatic rings. The van der Waals surface area contributed by atoms with Crippen molar-refractivity contribution in [1.29, 1.82) is 0 Å². The highest BCUT2D eigenvalue weighted by atomic mass is 79.9. The molecule has 0 atom stereocenters. The largest absolute Gasteiger partial charge is 0.457 e. The third-order valence-corrected chi connectivity index (χ3v) is 2.29. The fourth-order valence-electron chi connectivity index (χ4n) is 1.01. The first-order valence-electron chi connectivity index (χ1n) is 4.09. The van der Waals surface area contributed by atoms with Crippen LogP contribution in [-0.2, 0) is 0 Å². The summed E-state index contributed by atoms with van der Waals surface area (Å²) in [6.07, 6.45) is 2.96. The zero-order chi connectivity index (χ0) is 10.7. The number of nitrogens with one attached hydrogen (secondary N) is 1. The summed E-state index contributed by atoms with van der Waals surface area (Å²) < 4.78 is 5.34. The first-order valence-corrected chi connectivity index (χ1v) is 4.89. The number of aromatic nitrogens is 2. The van der Waals surface area contributed by atoms with Gasteiger partial charge < -0.3 is 9.73 Å². The predicted octanol–water partition coefficient (Wildman–Crippen LogP) is 2.08. The van der Waals surface area contributed by atoms with Crippen LogP contribution in [0.1, 0.15) is 10.4 Å². The second-order valence-electron chi connectivity index (χ2n) is 2.67. The van der Waals surface area contributed by atoms with Gasteiger partial charge in [-0.2, -0.15) is 5.10 Å². The molecule has 15 heavy (non-hydrogen) atoms. The molecule has 6 heteroatoms. The Hall–Kier alpha value is -1.69. The van der Waals surface area contributed by atoms with Gasteiger partial charge in [0.15, 0.2) is 10.5 Å². The zero-order valence-corrected chi connectivity index (χ0v) is 9.06. The normalized spacial score (nSPS) is 9.93. The van der Waals surface area contributed by atoms with Gasteiger partial charge >= 0.3 is 0 Å². The number of furan rings is 1. The van der Waals surface area contributed by atoms with Crippen LogP contribution < -0.4 is 5.32 Å². The van der Waals surface area contributed by atoms with Crippen LogP contribution in [0.5, 0.6) is 0 Å². The monoisotopic (exact) mass is 267 g/mol. The van der Waals surface area contributed by atoms with Gasteiger partial charge in [-0.05, 0) is 34.1 Å². The lowest BCUT2D eigenvalue weighted by molar-refractivity contribution is 0.102. The molecule has 2 aromatic heterocycles. The van der Waals surface area contributed by atoms with E-state index < -0.39 is 0 Å². The summed E-state index contributed by atoms with van der Waals surface area (Å²) in [5, 5.41) is 9.95. The number of halogens is 1. The van der Waals surface area contributed by atoms with Crippen LogP contribution >= 0.6 is 15.9 Å². The van der Waals surface area contributed by atoms with Crippen LogP contribution in [0, 0.1) is 0 Å². The first kappa shape index (κ1) is 9.85. The highest BCUT2D eigenvalue weighted by Gasteiger charge is 2.12. The van der Waals surface area contributed by atoms with E-state index in [9.17, 15) is 4.79 Å². The van der Waals surface area contributed by atoms with Crippen molar-refractivity contribution in [2.45, 2.75) is 0 Å². The zero-order valence-electron chi connectivity index (χ0n) is 7.48. The van der Waals surface area contributed by atoms with Gasteiger partial charge in [0.2, 0.25) is 0 Å². The van der Waals surface area contributed by atoms with Gasteiger partial charge in [-0.25, -0.2) is 0 Å². The van der Waals surface area contributed by atoms with Gasteiger partial charge in [0.25, 0.3) is 5.91 Å². The molecule has 0 aliphatic carbocycles. The Morgan fingerprint density at radius 3 is 2.93 bits per heavy atom. The molecule has 0 saturated heterocycles. The van der Waals surface area contributed by atoms with E-state index in [2.05, 4.69) is 31.4 Å². The van der Waals surface area contributed by atoms with E-state index in [0.717, 1.165) is 0 Å². The summed E-state index contributed by atoms with van der Waals surface area (Å²) in [6, 6.07) is 4.90. The smallest absolute Gasteiger partial charge is 0.261 e. The van der Waals surface area contributed by atoms with Crippen LogP contribution in [0.3, 0.4) is 0 Å². The fourth-order valence-corrected chi connectivity index (χ4v) is 1.43. The number of anilines is 1. The van der Waals surface area contributed by atoms with Crippen molar-refractivity contribution in [1.82, 2.24) is 10.2 Å². The first-order chi connectivity index (χ1) is 7.27. The average Bonchev–Trinajstić information content (AvgIpc) is 2.66. The summed E-state index contributed by atoms with van der Waals surface area (Å²) in [5.74, 6) is 0.103. The molecule has 1 amide bonds. The molecule has 0 radical (unpaired) electrons. The van der Waals surface area contributed by atoms with Crippen molar-refractivity contribution in [2.75, 3.05) is 5.32 Å². The van der Waals surface area contributed by atoms with Crippen molar-refractivity contribution in [2.24, 2.45) is 0 Å². The maximum Gasteiger partial charge on any atom is 0.261 e. The fraction of sp³-hybridized carbons (Fsp3) is 0. The van der Waals surface area contributed by atoms with E-state index in [0.29, 0.717) is 16.1 Å². The molecular weight excluding hydrogens is 262 g/mol. The van der Waals surface area contributed by atoms with Crippen LogP contribution in [0.2, 0.25) is 0 Å². The Morgan fingerprint density at radius 2 is 2.33 bits per heavy atom. The molecule has 2 rings (SSSR count). The number of carbonyl (C=O) groups excluding carboxylic acids is 1. The predicted molar refractivity (Wildman–Crippen MR) is 56.4 cm³/mol. The molecule has 0 aliphatic heterocycles. The molecule has 5 nitrogen and oxygen atoms in total. The quantitative estimate of drug-likeness (QED) is 0.905. The summed E-state index contributed by atoms with van der Waals surface area (Å²) >= 11 is 3.12. The maximum atomic E-state index is 11.6. The van der Waals surface area contributed by atoms with E-state index in [1.54, 1.807) is 18.2 Å². The number of hydrogen-bond acceptors (Lipinski definition) is 4. The van der Waals surface area contributed by atoms with E-state index in [4.69, 9.17) is 4.42 Å². The lowest BCUT2D eigenvalue weighted by atomic mass is 10.3. The molecule has 2 aromatic rings. The molecule has 1 N–H and O–H groups in total. The molecule has 0 bridgehead atoms. The van der Waals surface area contributed by atoms with Gasteiger partial charge in [-0.3, -0.25) is 4.79 Å². The van der Waals surface area contributed by atoms with E-state index >= 15 is 0 Å². The molecule has 0 aromatic carbocycles. The van der Waals surface area contributed by atoms with E-state index in [-0.39, 0.29) is 5.91 Å². The van der Waals surface area contributed by atoms with Crippen molar-refractivity contribution in [3.63, 3.8) is 0 Å². The van der Waals surface area contributed by atoms with Gasteiger partial charge in [0.1, 0.15) is 0 Å². The highest BCUT2D eigenvalue weighted by Crippen LogP contribution is 2.18. The van der Waals surface area contributed by atoms with Crippen LogP contribution in [-0.4, -0.2) is 16.1 Å². The molecular formula is C9H6BrN3O2. The van der Waals surface area contributed by atoms with Gasteiger partial charge in [0, 0.05) is 6.20 Å². The average molecular weight is 268 g/mol. The van der Waals surface area contributed by atoms with Gasteiger partial charge in [-0.15, -0.1) is 5.10 Å². The molecule has 0 fully saturated rings. The van der Waals surface area contributed by atoms with Crippen molar-refractivity contribution in [3.8, 4) is 0 Å². The summed E-state index contributed by atoms with van der Waals surface area (Å²) in [6.45, 7) is 0. The number of nitrogens with zero attached hydrogens (tertiary/aromatic N) is 2. The standard InChI is InChI=1S/C9H6BrN3O2/c10-8-6(3-5-15-8)9(14)12-7-2-1-4-11-13-7/h1-5H,(H,12,13,14). The molecule has 0 unspecified atom stereocenters. The highest BCUT2D eigenvalue weighted by molar-refractivity contribution is 9.10. The second kappa shape index (κ2) is 4.22. The van der Waals surface area contributed by atoms with Crippen molar-refractivity contribution >= 4 is 27.7 Å². The van der Waals surface area contributed by atoms with Crippen LogP contribution in [0.4, 0.5) is 5.82 Å². The van der Waals surface area contributed by atoms with Gasteiger partial charge in [-0.1, -0.05) is 0 Å². The molecule has 0 saturated carbocycles. The Morgan fingerprint density at radius 1 is 1.47 bits per heavy atom. The molecule has 2 heterocycles. The van der Waals surface area contributed by atoms with Crippen LogP contribution in [0.15, 0.2) is 39.7 Å². The number of amides is 1. The van der Waals surface area contributed by atoms with Crippen molar-refractivity contribution in [3.05, 3.63) is 40.9 Å². The Balaban J connectivity index is 2.15. The minimum atomic E-state index is -0.295. The SMILES string of the molecule is O=C(Nc1cccnn1)c1ccoc1Br. The lowest BCUT2D eigenvalue weighted by Crippen LogP contribution is -2.12. The Labute approximate surface area is 93.6 Å². The van der Waals surface area contributed by atoms with E-state index in [1.165, 1.54) is 12.5 Å². The number of carbonyl (C=O) groups is 1. The third kappa shape index (κ3) is 2.21. The minimum Gasteiger partial charge on any atom is -0.457 e. The second-order valence-corrected chi connectivity index (χ2v) is 3.39. The molecule has 0 spiro atoms.